The van der Waals surface area contributed by atoms with Crippen LogP contribution in [0.2, 0.25) is 18.1 Å². The molecule has 7 rings (SSSR count). The molecule has 10 nitrogen and oxygen atoms in total. The van der Waals surface area contributed by atoms with Gasteiger partial charge in [0.1, 0.15) is 23.8 Å². The second-order valence-corrected chi connectivity index (χ2v) is 19.2. The fraction of sp³-hybridized carbons (Fsp3) is 0.515. The Morgan fingerprint density at radius 2 is 1.91 bits per heavy atom. The smallest absolute Gasteiger partial charge is 0.234 e. The monoisotopic (exact) mass is 628 g/mol. The third-order valence-electron chi connectivity index (χ3n) is 10.1. The number of anilines is 2. The highest BCUT2D eigenvalue weighted by Crippen LogP contribution is 2.48. The van der Waals surface area contributed by atoms with E-state index in [4.69, 9.17) is 9.41 Å². The van der Waals surface area contributed by atoms with Crippen molar-refractivity contribution in [3.05, 3.63) is 71.6 Å². The van der Waals surface area contributed by atoms with Crippen molar-refractivity contribution in [1.82, 2.24) is 29.3 Å². The molecule has 1 N–H and O–H groups in total. The zero-order chi connectivity index (χ0) is 31.7. The number of fused-ring (bicyclic) bond motifs is 1. The van der Waals surface area contributed by atoms with E-state index >= 15 is 0 Å². The number of nitrogens with one attached hydrogen (secondary N) is 1. The molecule has 0 bridgehead atoms. The molecule has 3 fully saturated rings. The maximum Gasteiger partial charge on any atom is 0.234 e. The van der Waals surface area contributed by atoms with E-state index in [2.05, 4.69) is 76.4 Å². The molecule has 236 valence electrons. The Balaban J connectivity index is 1.14. The molecule has 5 heterocycles. The van der Waals surface area contributed by atoms with Crippen LogP contribution in [-0.2, 0) is 9.22 Å². The summed E-state index contributed by atoms with van der Waals surface area (Å²) < 4.78 is 23.6. The standard InChI is InChI=1S/C33H41FN8O2Si/c1-19-9-10-35-30(29(19)34)23-12-24(23)31(43)40-27-13-28(38-18-37-27)42-16-22(44-45(5,6)33(2,3)4)11-26(42)25-17-41-15-21(20-7-8-20)14-36-32(41)39-25/h9-10,13-15,17-18,20,22-24,26H,7-8,11-12,16H2,1-6H3,(H,37,38,40,43)/t22-,23?,24?,26+/m0/s1. The van der Waals surface area contributed by atoms with Crippen molar-refractivity contribution in [2.75, 3.05) is 16.8 Å². The highest BCUT2D eigenvalue weighted by molar-refractivity contribution is 6.74. The van der Waals surface area contributed by atoms with E-state index in [1.54, 1.807) is 19.2 Å². The normalized spacial score (nSPS) is 23.5. The first kappa shape index (κ1) is 29.9. The number of halogens is 1. The fourth-order valence-electron chi connectivity index (χ4n) is 6.12. The lowest BCUT2D eigenvalue weighted by molar-refractivity contribution is -0.117. The summed E-state index contributed by atoms with van der Waals surface area (Å²) in [4.78, 5) is 38.2. The van der Waals surface area contributed by atoms with Crippen LogP contribution >= 0.6 is 0 Å². The number of amides is 1. The molecule has 45 heavy (non-hydrogen) atoms. The van der Waals surface area contributed by atoms with Crippen molar-refractivity contribution in [3.63, 3.8) is 0 Å². The average molecular weight is 629 g/mol. The first-order valence-corrected chi connectivity index (χ1v) is 18.8. The van der Waals surface area contributed by atoms with Gasteiger partial charge in [0, 0.05) is 55.7 Å². The maximum absolute atomic E-state index is 14.6. The highest BCUT2D eigenvalue weighted by atomic mass is 28.4. The number of hydrogen-bond acceptors (Lipinski definition) is 8. The summed E-state index contributed by atoms with van der Waals surface area (Å²) in [7, 11) is -2.04. The van der Waals surface area contributed by atoms with Gasteiger partial charge in [-0.2, -0.15) is 0 Å². The SMILES string of the molecule is Cc1ccnc(C2CC2C(=O)Nc2cc(N3C[C@@H](O[Si](C)(C)C(C)(C)C)C[C@@H]3c3cn4cc(C5CC5)cnc4n3)ncn2)c1F. The van der Waals surface area contributed by atoms with Crippen molar-refractivity contribution in [2.45, 2.75) is 95.5 Å². The Kier molecular flexibility index (Phi) is 7.27. The molecule has 1 amide bonds. The van der Waals surface area contributed by atoms with Gasteiger partial charge in [-0.05, 0) is 67.4 Å². The lowest BCUT2D eigenvalue weighted by Gasteiger charge is -2.38. The van der Waals surface area contributed by atoms with Crippen LogP contribution in [-0.4, -0.2) is 56.2 Å². The van der Waals surface area contributed by atoms with Gasteiger partial charge in [-0.25, -0.2) is 24.3 Å². The van der Waals surface area contributed by atoms with Crippen molar-refractivity contribution in [3.8, 4) is 0 Å². The number of hydrogen-bond donors (Lipinski definition) is 1. The number of carbonyl (C=O) groups is 1. The van der Waals surface area contributed by atoms with Gasteiger partial charge in [0.25, 0.3) is 0 Å². The summed E-state index contributed by atoms with van der Waals surface area (Å²) >= 11 is 0. The predicted octanol–water partition coefficient (Wildman–Crippen LogP) is 6.32. The summed E-state index contributed by atoms with van der Waals surface area (Å²) in [5.74, 6) is 1.28. The van der Waals surface area contributed by atoms with E-state index in [9.17, 15) is 9.18 Å². The minimum atomic E-state index is -2.04. The van der Waals surface area contributed by atoms with Gasteiger partial charge >= 0.3 is 0 Å². The van der Waals surface area contributed by atoms with Crippen molar-refractivity contribution < 1.29 is 13.6 Å². The second-order valence-electron chi connectivity index (χ2n) is 14.5. The minimum absolute atomic E-state index is 0.00681. The molecule has 12 heteroatoms. The zero-order valence-corrected chi connectivity index (χ0v) is 27.8. The lowest BCUT2D eigenvalue weighted by atomic mass is 10.1. The molecule has 4 aromatic rings. The van der Waals surface area contributed by atoms with Gasteiger partial charge in [0.2, 0.25) is 11.7 Å². The molecule has 4 aromatic heterocycles. The van der Waals surface area contributed by atoms with Crippen LogP contribution in [0.25, 0.3) is 5.78 Å². The molecule has 2 aliphatic carbocycles. The molecular weight excluding hydrogens is 588 g/mol. The van der Waals surface area contributed by atoms with Crippen LogP contribution in [0.3, 0.4) is 0 Å². The number of carbonyl (C=O) groups excluding carboxylic acids is 1. The van der Waals surface area contributed by atoms with Gasteiger partial charge < -0.3 is 14.6 Å². The van der Waals surface area contributed by atoms with Gasteiger partial charge in [-0.3, -0.25) is 14.2 Å². The number of pyridine rings is 1. The summed E-state index contributed by atoms with van der Waals surface area (Å²) in [6.45, 7) is 13.7. The van der Waals surface area contributed by atoms with E-state index in [1.165, 1.54) is 24.7 Å². The Labute approximate surface area is 264 Å². The Morgan fingerprint density at radius 1 is 1.11 bits per heavy atom. The van der Waals surface area contributed by atoms with E-state index in [-0.39, 0.29) is 40.7 Å². The van der Waals surface area contributed by atoms with E-state index < -0.39 is 8.32 Å². The largest absolute Gasteiger partial charge is 0.412 e. The summed E-state index contributed by atoms with van der Waals surface area (Å²) in [6, 6.07) is 3.36. The first-order valence-electron chi connectivity index (χ1n) is 15.9. The van der Waals surface area contributed by atoms with E-state index in [0.29, 0.717) is 47.6 Å². The fourth-order valence-corrected chi connectivity index (χ4v) is 7.47. The number of aromatic nitrogens is 6. The van der Waals surface area contributed by atoms with Crippen molar-refractivity contribution in [1.29, 1.82) is 0 Å². The first-order chi connectivity index (χ1) is 21.4. The molecule has 0 aromatic carbocycles. The van der Waals surface area contributed by atoms with Crippen LogP contribution < -0.4 is 10.2 Å². The molecular formula is C33H41FN8O2Si. The Morgan fingerprint density at radius 3 is 2.67 bits per heavy atom. The molecule has 1 aliphatic heterocycles. The van der Waals surface area contributed by atoms with E-state index in [1.807, 2.05) is 16.7 Å². The van der Waals surface area contributed by atoms with Crippen LogP contribution in [0.5, 0.6) is 0 Å². The van der Waals surface area contributed by atoms with Crippen LogP contribution in [0.15, 0.2) is 43.2 Å². The maximum atomic E-state index is 14.6. The van der Waals surface area contributed by atoms with Crippen molar-refractivity contribution in [2.24, 2.45) is 5.92 Å². The van der Waals surface area contributed by atoms with Gasteiger partial charge in [0.05, 0.1) is 23.5 Å². The van der Waals surface area contributed by atoms with Gasteiger partial charge in [-0.15, -0.1) is 0 Å². The number of rotatable bonds is 8. The molecule has 2 saturated carbocycles. The van der Waals surface area contributed by atoms with Crippen molar-refractivity contribution >= 4 is 31.6 Å². The third kappa shape index (κ3) is 5.85. The van der Waals surface area contributed by atoms with Gasteiger partial charge in [0.15, 0.2) is 8.32 Å². The van der Waals surface area contributed by atoms with E-state index in [0.717, 1.165) is 12.1 Å². The molecule has 3 aliphatic rings. The summed E-state index contributed by atoms with van der Waals surface area (Å²) in [5.41, 5.74) is 3.06. The van der Waals surface area contributed by atoms with Crippen LogP contribution in [0, 0.1) is 18.7 Å². The number of aryl methyl sites for hydroxylation is 1. The van der Waals surface area contributed by atoms with Crippen LogP contribution in [0.4, 0.5) is 16.0 Å². The second kappa shape index (κ2) is 10.9. The molecule has 0 radical (unpaired) electrons. The molecule has 0 spiro atoms. The number of imidazole rings is 1. The average Bonchev–Trinajstić information content (AvgIpc) is 3.90. The quantitative estimate of drug-likeness (QED) is 0.226. The Bertz CT molecular complexity index is 1770. The topological polar surface area (TPSA) is 110 Å². The lowest BCUT2D eigenvalue weighted by Crippen LogP contribution is -2.44. The highest BCUT2D eigenvalue weighted by Gasteiger charge is 2.47. The zero-order valence-electron chi connectivity index (χ0n) is 26.8. The molecule has 4 atom stereocenters. The Hall–Kier alpha value is -3.77. The van der Waals surface area contributed by atoms with Gasteiger partial charge in [-0.1, -0.05) is 20.8 Å². The summed E-state index contributed by atoms with van der Waals surface area (Å²) in [6.07, 6.45) is 13.0. The predicted molar refractivity (Wildman–Crippen MR) is 172 cm³/mol. The molecule has 2 unspecified atom stereocenters. The minimum Gasteiger partial charge on any atom is -0.412 e. The number of nitrogens with zero attached hydrogens (tertiary/aromatic N) is 7. The summed E-state index contributed by atoms with van der Waals surface area (Å²) in [5, 5.41) is 3.02. The third-order valence-corrected chi connectivity index (χ3v) is 14.6. The van der Waals surface area contributed by atoms with Crippen LogP contribution in [0.1, 0.15) is 86.8 Å². The molecule has 1 saturated heterocycles.